The van der Waals surface area contributed by atoms with E-state index >= 15 is 0 Å². The van der Waals surface area contributed by atoms with E-state index in [4.69, 9.17) is 19.4 Å². The predicted octanol–water partition coefficient (Wildman–Crippen LogP) is 9.88. The van der Waals surface area contributed by atoms with Gasteiger partial charge in [-0.05, 0) is 132 Å². The molecule has 4 aliphatic rings. The number of unbranched alkanes of at least 4 members (excludes halogenated alkanes) is 1. The molecule has 4 fully saturated rings. The van der Waals surface area contributed by atoms with Crippen molar-refractivity contribution in [1.82, 2.24) is 29.4 Å². The topological polar surface area (TPSA) is 164 Å². The van der Waals surface area contributed by atoms with Crippen LogP contribution < -0.4 is 9.47 Å². The number of Topliss-reactive ketones (excluding diaryl/α,β-unsaturated/α-hetero) is 1. The van der Waals surface area contributed by atoms with Crippen molar-refractivity contribution in [2.24, 2.45) is 0 Å². The molecule has 0 atom stereocenters. The number of nitrogens with zero attached hydrogens (tertiary/aromatic N) is 6. The third kappa shape index (κ3) is 13.3. The van der Waals surface area contributed by atoms with Gasteiger partial charge >= 0.3 is 30.2 Å². The van der Waals surface area contributed by atoms with Gasteiger partial charge in [-0.15, -0.1) is 0 Å². The summed E-state index contributed by atoms with van der Waals surface area (Å²) in [6, 6.07) is 36.6. The van der Waals surface area contributed by atoms with Crippen LogP contribution in [-0.4, -0.2) is 155 Å². The van der Waals surface area contributed by atoms with Gasteiger partial charge in [0.15, 0.2) is 5.78 Å². The maximum absolute atomic E-state index is 13.7. The molecule has 2 heterocycles. The summed E-state index contributed by atoms with van der Waals surface area (Å²) in [6.45, 7) is 4.26. The quantitative estimate of drug-likeness (QED) is 0.104. The van der Waals surface area contributed by atoms with Crippen molar-refractivity contribution in [3.05, 3.63) is 131 Å². The standard InChI is InChI=1S/C30H41N3O3.C26H33N3O4.C2HF3O2/c1-5-6-12-26(34)22-33-28(35)32(21-24-13-15-27(36-4)16-14-24)23-29(33)17-19-30(20-18-29,31(2)3)25-10-8-7-9-11-25;1-27(2)26(21-7-5-4-6-8-21)15-13-25(14-16-26)19-28(24(32)29(25)18-23(30)31)17-20-9-11-22(33-3)12-10-20;3-2(4,5)1(6)7/h7-11,13-16H,5-6,12,17-23H2,1-4H3;4-12H,13-19H2,1-3H3,(H,30,31);(H,6,7). The highest BCUT2D eigenvalue weighted by Gasteiger charge is 2.56. The van der Waals surface area contributed by atoms with Crippen LogP contribution in [0.5, 0.6) is 11.5 Å². The Bertz CT molecular complexity index is 2570. The van der Waals surface area contributed by atoms with E-state index in [1.165, 1.54) is 11.1 Å². The molecule has 76 heavy (non-hydrogen) atoms. The summed E-state index contributed by atoms with van der Waals surface area (Å²) < 4.78 is 42.3. The zero-order valence-corrected chi connectivity index (χ0v) is 45.0. The smallest absolute Gasteiger partial charge is 0.490 e. The van der Waals surface area contributed by atoms with Gasteiger partial charge in [0.2, 0.25) is 0 Å². The molecule has 0 unspecified atom stereocenters. The van der Waals surface area contributed by atoms with Crippen LogP contribution in [0, 0.1) is 0 Å². The van der Waals surface area contributed by atoms with Crippen LogP contribution in [-0.2, 0) is 38.6 Å². The summed E-state index contributed by atoms with van der Waals surface area (Å²) in [4.78, 5) is 72.5. The number of carboxylic acids is 2. The van der Waals surface area contributed by atoms with E-state index in [1.54, 1.807) is 24.0 Å². The molecule has 0 aromatic heterocycles. The molecule has 4 amide bonds. The van der Waals surface area contributed by atoms with Gasteiger partial charge in [0.05, 0.1) is 31.8 Å². The number of ketones is 1. The Morgan fingerprint density at radius 3 is 1.24 bits per heavy atom. The summed E-state index contributed by atoms with van der Waals surface area (Å²) in [6.07, 6.45) is 4.24. The summed E-state index contributed by atoms with van der Waals surface area (Å²) >= 11 is 0. The lowest BCUT2D eigenvalue weighted by Gasteiger charge is -2.51. The third-order valence-corrected chi connectivity index (χ3v) is 16.2. The van der Waals surface area contributed by atoms with Crippen LogP contribution in [0.1, 0.15) is 99.8 Å². The molecule has 0 bridgehead atoms. The Labute approximate surface area is 445 Å². The van der Waals surface area contributed by atoms with Crippen molar-refractivity contribution >= 4 is 29.8 Å². The Morgan fingerprint density at radius 1 is 0.579 bits per heavy atom. The zero-order chi connectivity index (χ0) is 55.5. The summed E-state index contributed by atoms with van der Waals surface area (Å²) in [5, 5.41) is 16.7. The number of carboxylic acid groups (broad SMARTS) is 2. The number of carbonyl (C=O) groups is 5. The van der Waals surface area contributed by atoms with E-state index in [2.05, 4.69) is 99.5 Å². The predicted molar refractivity (Wildman–Crippen MR) is 283 cm³/mol. The monoisotopic (exact) mass is 1060 g/mol. The molecular weight excluding hydrogens is 982 g/mol. The first-order valence-corrected chi connectivity index (χ1v) is 26.0. The number of benzene rings is 4. The lowest BCUT2D eigenvalue weighted by atomic mass is 9.68. The lowest BCUT2D eigenvalue weighted by Crippen LogP contribution is -2.56. The summed E-state index contributed by atoms with van der Waals surface area (Å²) in [5.74, 6) is -1.99. The first kappa shape index (κ1) is 58.6. The number of hydrogen-bond donors (Lipinski definition) is 2. The normalized spacial score (nSPS) is 23.4. The van der Waals surface area contributed by atoms with Crippen LogP contribution in [0.3, 0.4) is 0 Å². The number of alkyl halides is 3. The molecule has 18 heteroatoms. The van der Waals surface area contributed by atoms with Gasteiger partial charge < -0.3 is 39.3 Å². The molecular formula is C58H75F3N6O9. The number of urea groups is 2. The molecule has 8 rings (SSSR count). The third-order valence-electron chi connectivity index (χ3n) is 16.2. The Hall–Kier alpha value is -6.66. The van der Waals surface area contributed by atoms with Crippen LogP contribution in [0.15, 0.2) is 109 Å². The molecule has 4 aromatic rings. The Kier molecular flexibility index (Phi) is 19.3. The minimum atomic E-state index is -5.08. The SMILES string of the molecule is CCCCC(=O)CN1C(=O)N(Cc2ccc(OC)cc2)CC12CCC(c1ccccc1)(N(C)C)CC2.COc1ccc(CN2CC3(CCC(c4ccccc4)(N(C)C)CC3)N(CC(=O)O)C2=O)cc1.O=C(O)C(F)(F)F. The molecule has 2 aliphatic carbocycles. The minimum absolute atomic E-state index is 0.00673. The summed E-state index contributed by atoms with van der Waals surface area (Å²) in [7, 11) is 11.8. The van der Waals surface area contributed by atoms with Crippen molar-refractivity contribution in [2.75, 3.05) is 68.6 Å². The second-order valence-corrected chi connectivity index (χ2v) is 21.0. The highest BCUT2D eigenvalue weighted by Crippen LogP contribution is 2.51. The fourth-order valence-electron chi connectivity index (χ4n) is 11.7. The van der Waals surface area contributed by atoms with Crippen molar-refractivity contribution < 1.29 is 56.8 Å². The number of aliphatic carboxylic acids is 2. The van der Waals surface area contributed by atoms with Gasteiger partial charge in [-0.1, -0.05) is 98.3 Å². The second-order valence-electron chi connectivity index (χ2n) is 21.0. The van der Waals surface area contributed by atoms with E-state index in [0.29, 0.717) is 32.6 Å². The van der Waals surface area contributed by atoms with Crippen LogP contribution in [0.4, 0.5) is 22.8 Å². The number of ether oxygens (including phenoxy) is 2. The lowest BCUT2D eigenvalue weighted by molar-refractivity contribution is -0.192. The highest BCUT2D eigenvalue weighted by atomic mass is 19.4. The minimum Gasteiger partial charge on any atom is -0.497 e. The number of carbonyl (C=O) groups excluding carboxylic acids is 3. The molecule has 412 valence electrons. The fraction of sp³-hybridized carbons (Fsp3) is 0.500. The largest absolute Gasteiger partial charge is 0.497 e. The molecule has 15 nitrogen and oxygen atoms in total. The molecule has 2 spiro atoms. The molecule has 2 saturated heterocycles. The molecule has 2 aliphatic heterocycles. The molecule has 2 saturated carbocycles. The first-order chi connectivity index (χ1) is 36.1. The van der Waals surface area contributed by atoms with Crippen molar-refractivity contribution in [3.8, 4) is 11.5 Å². The first-order valence-electron chi connectivity index (χ1n) is 26.0. The number of methoxy groups -OCH3 is 2. The molecule has 4 aromatic carbocycles. The van der Waals surface area contributed by atoms with Gasteiger partial charge in [-0.2, -0.15) is 13.2 Å². The number of hydrogen-bond acceptors (Lipinski definition) is 9. The average Bonchev–Trinajstić information content (AvgIpc) is 3.84. The molecule has 2 N–H and O–H groups in total. The van der Waals surface area contributed by atoms with E-state index in [-0.39, 0.29) is 47.6 Å². The van der Waals surface area contributed by atoms with E-state index in [1.807, 2.05) is 64.4 Å². The van der Waals surface area contributed by atoms with Crippen LogP contribution >= 0.6 is 0 Å². The second kappa shape index (κ2) is 25.0. The summed E-state index contributed by atoms with van der Waals surface area (Å²) in [5.41, 5.74) is 3.73. The van der Waals surface area contributed by atoms with Gasteiger partial charge in [0, 0.05) is 43.7 Å². The number of amides is 4. The van der Waals surface area contributed by atoms with Gasteiger partial charge in [0.25, 0.3) is 0 Å². The van der Waals surface area contributed by atoms with Gasteiger partial charge in [-0.25, -0.2) is 14.4 Å². The van der Waals surface area contributed by atoms with E-state index < -0.39 is 23.7 Å². The fourth-order valence-corrected chi connectivity index (χ4v) is 11.7. The van der Waals surface area contributed by atoms with Crippen molar-refractivity contribution in [1.29, 1.82) is 0 Å². The maximum atomic E-state index is 13.7. The zero-order valence-electron chi connectivity index (χ0n) is 45.0. The van der Waals surface area contributed by atoms with Gasteiger partial charge in [-0.3, -0.25) is 19.4 Å². The van der Waals surface area contributed by atoms with Crippen LogP contribution in [0.25, 0.3) is 0 Å². The number of halogens is 3. The number of rotatable bonds is 17. The van der Waals surface area contributed by atoms with E-state index in [9.17, 15) is 37.5 Å². The highest BCUT2D eigenvalue weighted by molar-refractivity contribution is 5.87. The van der Waals surface area contributed by atoms with Crippen molar-refractivity contribution in [3.63, 3.8) is 0 Å². The van der Waals surface area contributed by atoms with Crippen molar-refractivity contribution in [2.45, 2.75) is 119 Å². The van der Waals surface area contributed by atoms with Crippen LogP contribution in [0.2, 0.25) is 0 Å². The van der Waals surface area contributed by atoms with E-state index in [0.717, 1.165) is 86.8 Å². The maximum Gasteiger partial charge on any atom is 0.490 e. The average molecular weight is 1060 g/mol. The Morgan fingerprint density at radius 2 is 0.934 bits per heavy atom. The molecule has 0 radical (unpaired) electrons. The van der Waals surface area contributed by atoms with Gasteiger partial charge in [0.1, 0.15) is 18.0 Å². The Balaban J connectivity index is 0.000000220.